The molecule has 0 aromatic rings. The summed E-state index contributed by atoms with van der Waals surface area (Å²) in [5, 5.41) is 8.88. The zero-order valence-corrected chi connectivity index (χ0v) is 10.5. The molecule has 0 spiro atoms. The van der Waals surface area contributed by atoms with Crippen LogP contribution in [0.5, 0.6) is 0 Å². The molecule has 0 aromatic heterocycles. The van der Waals surface area contributed by atoms with Gasteiger partial charge in [-0.25, -0.2) is 4.79 Å². The van der Waals surface area contributed by atoms with Crippen molar-refractivity contribution in [3.8, 4) is 0 Å². The molecule has 2 aliphatic rings. The second-order valence-corrected chi connectivity index (χ2v) is 7.57. The molecule has 2 rings (SSSR count). The van der Waals surface area contributed by atoms with Gasteiger partial charge in [0.2, 0.25) is 0 Å². The third kappa shape index (κ3) is 2.36. The van der Waals surface area contributed by atoms with E-state index in [1.165, 1.54) is 11.5 Å². The van der Waals surface area contributed by atoms with E-state index in [0.717, 1.165) is 19.3 Å². The Labute approximate surface area is 98.9 Å². The Balaban J connectivity index is 2.01. The van der Waals surface area contributed by atoms with Gasteiger partial charge in [-0.05, 0) is 32.1 Å². The Morgan fingerprint density at radius 1 is 1.53 bits per heavy atom. The van der Waals surface area contributed by atoms with Gasteiger partial charge >= 0.3 is 5.97 Å². The summed E-state index contributed by atoms with van der Waals surface area (Å²) >= 11 is 4.09. The molecule has 1 saturated heterocycles. The lowest BCUT2D eigenvalue weighted by atomic mass is 9.87. The summed E-state index contributed by atoms with van der Waals surface area (Å²) in [6.07, 6.45) is 4.66. The summed E-state index contributed by atoms with van der Waals surface area (Å²) in [5.74, 6) is 2.41. The Morgan fingerprint density at radius 2 is 2.20 bits per heavy atom. The largest absolute Gasteiger partial charge is 0.478 e. The first-order chi connectivity index (χ1) is 7.12. The summed E-state index contributed by atoms with van der Waals surface area (Å²) in [6, 6.07) is 0. The van der Waals surface area contributed by atoms with Crippen molar-refractivity contribution in [2.24, 2.45) is 5.92 Å². The number of carbonyl (C=O) groups is 1. The number of hydrogen-bond donors (Lipinski definition) is 1. The summed E-state index contributed by atoms with van der Waals surface area (Å²) < 4.78 is 0.334. The standard InChI is InChI=1S/C11H16O2S2/c1-11(14-6-7-15-11)9-4-2-8(3-5-9)10(12)13/h2,9H,3-7H2,1H3,(H,12,13). The lowest BCUT2D eigenvalue weighted by Gasteiger charge is -2.34. The zero-order chi connectivity index (χ0) is 10.9. The van der Waals surface area contributed by atoms with Crippen molar-refractivity contribution in [1.82, 2.24) is 0 Å². The molecule has 84 valence electrons. The molecule has 1 heterocycles. The molecular weight excluding hydrogens is 228 g/mol. The minimum absolute atomic E-state index is 0.334. The van der Waals surface area contributed by atoms with Crippen LogP contribution in [-0.4, -0.2) is 26.7 Å². The minimum atomic E-state index is -0.731. The van der Waals surface area contributed by atoms with E-state index in [2.05, 4.69) is 6.92 Å². The second-order valence-electron chi connectivity index (χ2n) is 4.22. The van der Waals surface area contributed by atoms with Gasteiger partial charge < -0.3 is 5.11 Å². The van der Waals surface area contributed by atoms with E-state index in [4.69, 9.17) is 5.11 Å². The molecule has 1 aliphatic carbocycles. The summed E-state index contributed by atoms with van der Waals surface area (Å²) in [4.78, 5) is 10.8. The first-order valence-electron chi connectivity index (χ1n) is 5.32. The average molecular weight is 244 g/mol. The minimum Gasteiger partial charge on any atom is -0.478 e. The van der Waals surface area contributed by atoms with Gasteiger partial charge in [0.1, 0.15) is 0 Å². The topological polar surface area (TPSA) is 37.3 Å². The Hall–Kier alpha value is -0.0900. The second kappa shape index (κ2) is 4.42. The summed E-state index contributed by atoms with van der Waals surface area (Å²) in [6.45, 7) is 2.32. The Morgan fingerprint density at radius 3 is 2.67 bits per heavy atom. The van der Waals surface area contributed by atoms with Crippen molar-refractivity contribution >= 4 is 29.5 Å². The summed E-state index contributed by atoms with van der Waals surface area (Å²) in [5.41, 5.74) is 0.614. The maximum atomic E-state index is 10.8. The fourth-order valence-electron chi connectivity index (χ4n) is 2.27. The SMILES string of the molecule is CC1(C2CC=C(C(=O)O)CC2)SCCS1. The third-order valence-corrected chi connectivity index (χ3v) is 6.88. The van der Waals surface area contributed by atoms with Crippen molar-refractivity contribution in [1.29, 1.82) is 0 Å². The molecular formula is C11H16O2S2. The van der Waals surface area contributed by atoms with Gasteiger partial charge in [0.05, 0.1) is 4.08 Å². The average Bonchev–Trinajstić information content (AvgIpc) is 2.67. The van der Waals surface area contributed by atoms with Crippen LogP contribution in [0.2, 0.25) is 0 Å². The normalized spacial score (nSPS) is 29.9. The first-order valence-corrected chi connectivity index (χ1v) is 7.29. The van der Waals surface area contributed by atoms with E-state index in [1.807, 2.05) is 29.6 Å². The maximum absolute atomic E-state index is 10.8. The van der Waals surface area contributed by atoms with Crippen LogP contribution in [0.25, 0.3) is 0 Å². The van der Waals surface area contributed by atoms with E-state index < -0.39 is 5.97 Å². The van der Waals surface area contributed by atoms with Gasteiger partial charge in [-0.1, -0.05) is 6.08 Å². The van der Waals surface area contributed by atoms with E-state index in [9.17, 15) is 4.79 Å². The van der Waals surface area contributed by atoms with Crippen LogP contribution >= 0.6 is 23.5 Å². The van der Waals surface area contributed by atoms with Gasteiger partial charge in [-0.3, -0.25) is 0 Å². The molecule has 1 atom stereocenters. The molecule has 1 unspecified atom stereocenters. The highest BCUT2D eigenvalue weighted by Crippen LogP contribution is 2.52. The van der Waals surface area contributed by atoms with Gasteiger partial charge in [-0.2, -0.15) is 0 Å². The van der Waals surface area contributed by atoms with Gasteiger partial charge in [-0.15, -0.1) is 23.5 Å². The van der Waals surface area contributed by atoms with Crippen LogP contribution in [0.15, 0.2) is 11.6 Å². The van der Waals surface area contributed by atoms with E-state index >= 15 is 0 Å². The number of allylic oxidation sites excluding steroid dienone is 1. The molecule has 0 saturated carbocycles. The quantitative estimate of drug-likeness (QED) is 0.810. The van der Waals surface area contributed by atoms with E-state index in [-0.39, 0.29) is 0 Å². The fraction of sp³-hybridized carbons (Fsp3) is 0.727. The maximum Gasteiger partial charge on any atom is 0.331 e. The fourth-order valence-corrected chi connectivity index (χ4v) is 5.48. The van der Waals surface area contributed by atoms with Gasteiger partial charge in [0.15, 0.2) is 0 Å². The lowest BCUT2D eigenvalue weighted by Crippen LogP contribution is -2.27. The zero-order valence-electron chi connectivity index (χ0n) is 8.86. The predicted octanol–water partition coefficient (Wildman–Crippen LogP) is 2.99. The molecule has 0 aromatic carbocycles. The molecule has 0 bridgehead atoms. The van der Waals surface area contributed by atoms with Crippen LogP contribution in [0.1, 0.15) is 26.2 Å². The molecule has 0 radical (unpaired) electrons. The highest BCUT2D eigenvalue weighted by atomic mass is 32.2. The molecule has 1 aliphatic heterocycles. The number of thioether (sulfide) groups is 2. The summed E-state index contributed by atoms with van der Waals surface area (Å²) in [7, 11) is 0. The van der Waals surface area contributed by atoms with Crippen molar-refractivity contribution in [3.63, 3.8) is 0 Å². The molecule has 15 heavy (non-hydrogen) atoms. The molecule has 1 fully saturated rings. The first kappa shape index (κ1) is 11.4. The number of carboxylic acid groups (broad SMARTS) is 1. The third-order valence-electron chi connectivity index (χ3n) is 3.29. The van der Waals surface area contributed by atoms with Crippen LogP contribution in [0.4, 0.5) is 0 Å². The Kier molecular flexibility index (Phi) is 3.36. The van der Waals surface area contributed by atoms with Crippen molar-refractivity contribution < 1.29 is 9.90 Å². The monoisotopic (exact) mass is 244 g/mol. The predicted molar refractivity (Wildman–Crippen MR) is 66.4 cm³/mol. The van der Waals surface area contributed by atoms with Crippen molar-refractivity contribution in [2.75, 3.05) is 11.5 Å². The van der Waals surface area contributed by atoms with Crippen LogP contribution < -0.4 is 0 Å². The lowest BCUT2D eigenvalue weighted by molar-refractivity contribution is -0.132. The number of rotatable bonds is 2. The molecule has 0 amide bonds. The van der Waals surface area contributed by atoms with Crippen molar-refractivity contribution in [2.45, 2.75) is 30.3 Å². The van der Waals surface area contributed by atoms with Crippen LogP contribution in [0, 0.1) is 5.92 Å². The number of carboxylic acids is 1. The molecule has 2 nitrogen and oxygen atoms in total. The number of hydrogen-bond acceptors (Lipinski definition) is 3. The van der Waals surface area contributed by atoms with Crippen LogP contribution in [-0.2, 0) is 4.79 Å². The van der Waals surface area contributed by atoms with Crippen LogP contribution in [0.3, 0.4) is 0 Å². The van der Waals surface area contributed by atoms with E-state index in [1.54, 1.807) is 0 Å². The smallest absolute Gasteiger partial charge is 0.331 e. The van der Waals surface area contributed by atoms with Gasteiger partial charge in [0.25, 0.3) is 0 Å². The molecule has 4 heteroatoms. The van der Waals surface area contributed by atoms with Crippen molar-refractivity contribution in [3.05, 3.63) is 11.6 Å². The number of aliphatic carboxylic acids is 1. The Bertz CT molecular complexity index is 293. The molecule has 1 N–H and O–H groups in total. The highest BCUT2D eigenvalue weighted by molar-refractivity contribution is 8.21. The van der Waals surface area contributed by atoms with E-state index in [0.29, 0.717) is 15.6 Å². The highest BCUT2D eigenvalue weighted by Gasteiger charge is 2.39. The van der Waals surface area contributed by atoms with Gasteiger partial charge in [0, 0.05) is 17.1 Å².